The van der Waals surface area contributed by atoms with Crippen molar-refractivity contribution in [1.29, 1.82) is 0 Å². The minimum atomic E-state index is -0.770. The molecule has 0 spiro atoms. The van der Waals surface area contributed by atoms with Crippen LogP contribution in [0.15, 0.2) is 30.4 Å². The molecule has 0 fully saturated rings. The normalized spacial score (nSPS) is 10.2. The molecule has 1 N–H and O–H groups in total. The molecule has 3 nitrogen and oxygen atoms in total. The van der Waals surface area contributed by atoms with Crippen LogP contribution in [-0.2, 0) is 4.79 Å². The van der Waals surface area contributed by atoms with Crippen molar-refractivity contribution in [1.82, 2.24) is 0 Å². The van der Waals surface area contributed by atoms with E-state index in [-0.39, 0.29) is 6.42 Å². The highest BCUT2D eigenvalue weighted by molar-refractivity contribution is 5.68. The van der Waals surface area contributed by atoms with E-state index in [1.165, 1.54) is 11.1 Å². The van der Waals surface area contributed by atoms with Crippen molar-refractivity contribution in [2.24, 2.45) is 0 Å². The number of rotatable bonds is 6. The van der Waals surface area contributed by atoms with E-state index in [2.05, 4.69) is 37.5 Å². The molecule has 0 bridgehead atoms. The first-order valence-corrected chi connectivity index (χ1v) is 6.09. The van der Waals surface area contributed by atoms with Crippen LogP contribution in [0.25, 0.3) is 0 Å². The SMILES string of the molecule is C=C(C)CN(CCC(=O)O)c1c(C)cccc1C. The number of hydrogen-bond donors (Lipinski definition) is 1. The highest BCUT2D eigenvalue weighted by Crippen LogP contribution is 2.25. The zero-order chi connectivity index (χ0) is 13.7. The third-order valence-corrected chi connectivity index (χ3v) is 2.81. The van der Waals surface area contributed by atoms with Crippen molar-refractivity contribution in [3.8, 4) is 0 Å². The van der Waals surface area contributed by atoms with Crippen LogP contribution in [0.5, 0.6) is 0 Å². The molecule has 98 valence electrons. The molecule has 1 aromatic rings. The predicted molar refractivity (Wildman–Crippen MR) is 75.2 cm³/mol. The van der Waals surface area contributed by atoms with Crippen molar-refractivity contribution in [3.05, 3.63) is 41.5 Å². The van der Waals surface area contributed by atoms with Gasteiger partial charge in [0.2, 0.25) is 0 Å². The van der Waals surface area contributed by atoms with Gasteiger partial charge in [0, 0.05) is 18.8 Å². The molecule has 0 unspecified atom stereocenters. The highest BCUT2D eigenvalue weighted by atomic mass is 16.4. The largest absolute Gasteiger partial charge is 0.481 e. The quantitative estimate of drug-likeness (QED) is 0.785. The summed E-state index contributed by atoms with van der Waals surface area (Å²) in [6.45, 7) is 11.2. The van der Waals surface area contributed by atoms with Gasteiger partial charge in [-0.3, -0.25) is 4.79 Å². The lowest BCUT2D eigenvalue weighted by Gasteiger charge is -2.28. The summed E-state index contributed by atoms with van der Waals surface area (Å²) in [4.78, 5) is 12.8. The minimum Gasteiger partial charge on any atom is -0.481 e. The molecule has 0 aliphatic rings. The van der Waals surface area contributed by atoms with Crippen LogP contribution >= 0.6 is 0 Å². The maximum absolute atomic E-state index is 10.7. The number of carbonyl (C=O) groups is 1. The standard InChI is InChI=1S/C15H21NO2/c1-11(2)10-16(9-8-14(17)18)15-12(3)6-5-7-13(15)4/h5-7H,1,8-10H2,2-4H3,(H,17,18). The monoisotopic (exact) mass is 247 g/mol. The molecular weight excluding hydrogens is 226 g/mol. The molecule has 0 radical (unpaired) electrons. The molecule has 0 heterocycles. The minimum absolute atomic E-state index is 0.140. The zero-order valence-corrected chi connectivity index (χ0v) is 11.4. The van der Waals surface area contributed by atoms with E-state index in [1.54, 1.807) is 0 Å². The zero-order valence-electron chi connectivity index (χ0n) is 11.4. The summed E-state index contributed by atoms with van der Waals surface area (Å²) >= 11 is 0. The van der Waals surface area contributed by atoms with Gasteiger partial charge in [0.15, 0.2) is 0 Å². The average Bonchev–Trinajstić information content (AvgIpc) is 2.24. The van der Waals surface area contributed by atoms with Crippen LogP contribution < -0.4 is 4.90 Å². The van der Waals surface area contributed by atoms with Gasteiger partial charge in [-0.25, -0.2) is 0 Å². The Morgan fingerprint density at radius 1 is 1.33 bits per heavy atom. The van der Waals surface area contributed by atoms with Crippen LogP contribution in [-0.4, -0.2) is 24.2 Å². The van der Waals surface area contributed by atoms with Gasteiger partial charge in [-0.2, -0.15) is 0 Å². The van der Waals surface area contributed by atoms with E-state index in [9.17, 15) is 4.79 Å². The summed E-state index contributed by atoms with van der Waals surface area (Å²) < 4.78 is 0. The summed E-state index contributed by atoms with van der Waals surface area (Å²) in [7, 11) is 0. The summed E-state index contributed by atoms with van der Waals surface area (Å²) in [5, 5.41) is 8.83. The summed E-state index contributed by atoms with van der Waals surface area (Å²) in [5.41, 5.74) is 4.49. The summed E-state index contributed by atoms with van der Waals surface area (Å²) in [5.74, 6) is -0.770. The maximum atomic E-state index is 10.7. The van der Waals surface area contributed by atoms with Gasteiger partial charge in [-0.15, -0.1) is 0 Å². The van der Waals surface area contributed by atoms with Crippen molar-refractivity contribution in [2.45, 2.75) is 27.2 Å². The Morgan fingerprint density at radius 3 is 2.33 bits per heavy atom. The topological polar surface area (TPSA) is 40.5 Å². The second kappa shape index (κ2) is 6.24. The Hall–Kier alpha value is -1.77. The van der Waals surface area contributed by atoms with E-state index < -0.39 is 5.97 Å². The second-order valence-corrected chi connectivity index (χ2v) is 4.76. The van der Waals surface area contributed by atoms with Gasteiger partial charge in [0.1, 0.15) is 0 Å². The number of nitrogens with zero attached hydrogens (tertiary/aromatic N) is 1. The molecule has 0 aliphatic carbocycles. The number of aliphatic carboxylic acids is 1. The van der Waals surface area contributed by atoms with Gasteiger partial charge in [-0.1, -0.05) is 30.4 Å². The molecule has 0 amide bonds. The van der Waals surface area contributed by atoms with Gasteiger partial charge in [0.25, 0.3) is 0 Å². The van der Waals surface area contributed by atoms with Crippen molar-refractivity contribution in [2.75, 3.05) is 18.0 Å². The number of carboxylic acid groups (broad SMARTS) is 1. The lowest BCUT2D eigenvalue weighted by molar-refractivity contribution is -0.136. The van der Waals surface area contributed by atoms with E-state index in [4.69, 9.17) is 5.11 Å². The van der Waals surface area contributed by atoms with Gasteiger partial charge < -0.3 is 10.0 Å². The van der Waals surface area contributed by atoms with E-state index >= 15 is 0 Å². The number of para-hydroxylation sites is 1. The van der Waals surface area contributed by atoms with Crippen LogP contribution in [0.3, 0.4) is 0 Å². The first-order chi connectivity index (χ1) is 8.41. The van der Waals surface area contributed by atoms with Gasteiger partial charge in [-0.05, 0) is 31.9 Å². The number of carboxylic acids is 1. The fourth-order valence-corrected chi connectivity index (χ4v) is 2.13. The molecule has 0 aromatic heterocycles. The van der Waals surface area contributed by atoms with Crippen molar-refractivity contribution in [3.63, 3.8) is 0 Å². The highest BCUT2D eigenvalue weighted by Gasteiger charge is 2.13. The van der Waals surface area contributed by atoms with E-state index in [0.717, 1.165) is 11.3 Å². The lowest BCUT2D eigenvalue weighted by Crippen LogP contribution is -2.29. The molecule has 3 heteroatoms. The van der Waals surface area contributed by atoms with Gasteiger partial charge in [0.05, 0.1) is 6.42 Å². The molecule has 0 aliphatic heterocycles. The Morgan fingerprint density at radius 2 is 1.89 bits per heavy atom. The molecule has 1 rings (SSSR count). The number of anilines is 1. The van der Waals surface area contributed by atoms with Crippen LogP contribution in [0.1, 0.15) is 24.5 Å². The summed E-state index contributed by atoms with van der Waals surface area (Å²) in [6.07, 6.45) is 0.140. The number of hydrogen-bond acceptors (Lipinski definition) is 2. The van der Waals surface area contributed by atoms with Crippen LogP contribution in [0.2, 0.25) is 0 Å². The Bertz CT molecular complexity index is 432. The summed E-state index contributed by atoms with van der Waals surface area (Å²) in [6, 6.07) is 6.12. The maximum Gasteiger partial charge on any atom is 0.305 e. The molecule has 0 saturated heterocycles. The first kappa shape index (κ1) is 14.3. The molecule has 0 saturated carbocycles. The molecule has 18 heavy (non-hydrogen) atoms. The number of aryl methyl sites for hydroxylation is 2. The second-order valence-electron chi connectivity index (χ2n) is 4.76. The third kappa shape index (κ3) is 3.91. The van der Waals surface area contributed by atoms with Gasteiger partial charge >= 0.3 is 5.97 Å². The van der Waals surface area contributed by atoms with E-state index in [1.807, 2.05) is 13.0 Å². The predicted octanol–water partition coefficient (Wildman–Crippen LogP) is 3.16. The third-order valence-electron chi connectivity index (χ3n) is 2.81. The Balaban J connectivity index is 3.00. The number of benzene rings is 1. The van der Waals surface area contributed by atoms with Crippen molar-refractivity contribution >= 4 is 11.7 Å². The lowest BCUT2D eigenvalue weighted by atomic mass is 10.1. The fourth-order valence-electron chi connectivity index (χ4n) is 2.13. The molecular formula is C15H21NO2. The molecule has 0 atom stereocenters. The molecule has 1 aromatic carbocycles. The van der Waals surface area contributed by atoms with Crippen LogP contribution in [0, 0.1) is 13.8 Å². The Kier molecular flexibility index (Phi) is 4.95. The van der Waals surface area contributed by atoms with Crippen LogP contribution in [0.4, 0.5) is 5.69 Å². The smallest absolute Gasteiger partial charge is 0.305 e. The average molecular weight is 247 g/mol. The van der Waals surface area contributed by atoms with Crippen molar-refractivity contribution < 1.29 is 9.90 Å². The first-order valence-electron chi connectivity index (χ1n) is 6.09. The fraction of sp³-hybridized carbons (Fsp3) is 0.400. The van der Waals surface area contributed by atoms with E-state index in [0.29, 0.717) is 13.1 Å². The Labute approximate surface area is 109 Å².